The molecule has 0 bridgehead atoms. The molecule has 0 heteroatoms. The molecule has 0 nitrogen and oxygen atoms in total. The first-order valence-electron chi connectivity index (χ1n) is 6.62. The maximum atomic E-state index is 2.68. The number of hydrogen-bond acceptors (Lipinski definition) is 0. The molecule has 4 atom stereocenters. The van der Waals surface area contributed by atoms with Gasteiger partial charge in [-0.3, -0.25) is 0 Å². The summed E-state index contributed by atoms with van der Waals surface area (Å²) in [4.78, 5) is 0. The van der Waals surface area contributed by atoms with E-state index in [1.807, 2.05) is 0 Å². The van der Waals surface area contributed by atoms with Gasteiger partial charge in [-0.2, -0.15) is 0 Å². The molecule has 0 aromatic rings. The second kappa shape index (κ2) is 2.70. The first kappa shape index (κ1) is 9.93. The molecule has 0 heterocycles. The molecule has 0 radical (unpaired) electrons. The lowest BCUT2D eigenvalue weighted by atomic mass is 9.72. The SMILES string of the molecule is CC1=CC23C[C@H](C)C[C@@H]2C(C)(C)C[C@H]3C1. The van der Waals surface area contributed by atoms with E-state index in [0.717, 1.165) is 17.8 Å². The molecule has 2 saturated carbocycles. The van der Waals surface area contributed by atoms with E-state index in [9.17, 15) is 0 Å². The summed E-state index contributed by atoms with van der Waals surface area (Å²) < 4.78 is 0. The van der Waals surface area contributed by atoms with Crippen molar-refractivity contribution < 1.29 is 0 Å². The van der Waals surface area contributed by atoms with E-state index in [4.69, 9.17) is 0 Å². The zero-order chi connectivity index (χ0) is 10.8. The lowest BCUT2D eigenvalue weighted by Crippen LogP contribution is -2.26. The zero-order valence-corrected chi connectivity index (χ0v) is 10.6. The van der Waals surface area contributed by atoms with Crippen LogP contribution in [0.3, 0.4) is 0 Å². The van der Waals surface area contributed by atoms with Crippen molar-refractivity contribution in [2.45, 2.75) is 53.4 Å². The third-order valence-electron chi connectivity index (χ3n) is 5.55. The monoisotopic (exact) mass is 204 g/mol. The molecular weight excluding hydrogens is 180 g/mol. The number of rotatable bonds is 0. The molecule has 15 heavy (non-hydrogen) atoms. The number of hydrogen-bond donors (Lipinski definition) is 0. The zero-order valence-electron chi connectivity index (χ0n) is 10.6. The van der Waals surface area contributed by atoms with Crippen molar-refractivity contribution in [3.63, 3.8) is 0 Å². The molecule has 3 aliphatic rings. The second-order valence-electron chi connectivity index (χ2n) is 7.29. The van der Waals surface area contributed by atoms with Gasteiger partial charge in [-0.25, -0.2) is 0 Å². The first-order chi connectivity index (χ1) is 6.94. The third-order valence-corrected chi connectivity index (χ3v) is 5.55. The molecule has 2 fully saturated rings. The van der Waals surface area contributed by atoms with Crippen LogP contribution in [0.2, 0.25) is 0 Å². The standard InChI is InChI=1S/C15H24/c1-10-5-12-9-14(3,4)13-6-11(2)8-15(12,13)7-10/h7,11-13H,5-6,8-9H2,1-4H3/t11-,12-,13-,15?/m1/s1. The second-order valence-corrected chi connectivity index (χ2v) is 7.29. The van der Waals surface area contributed by atoms with E-state index in [0.29, 0.717) is 10.8 Å². The van der Waals surface area contributed by atoms with E-state index >= 15 is 0 Å². The molecular formula is C15H24. The van der Waals surface area contributed by atoms with Crippen LogP contribution >= 0.6 is 0 Å². The predicted molar refractivity (Wildman–Crippen MR) is 64.6 cm³/mol. The minimum Gasteiger partial charge on any atom is -0.0788 e. The molecule has 0 aromatic heterocycles. The predicted octanol–water partition coefficient (Wildman–Crippen LogP) is 4.42. The van der Waals surface area contributed by atoms with Gasteiger partial charge in [0.2, 0.25) is 0 Å². The van der Waals surface area contributed by atoms with Crippen LogP contribution in [-0.4, -0.2) is 0 Å². The fourth-order valence-corrected chi connectivity index (χ4v) is 5.36. The van der Waals surface area contributed by atoms with Crippen LogP contribution in [0.4, 0.5) is 0 Å². The molecule has 0 aliphatic heterocycles. The summed E-state index contributed by atoms with van der Waals surface area (Å²) in [7, 11) is 0. The van der Waals surface area contributed by atoms with Crippen LogP contribution in [0.25, 0.3) is 0 Å². The van der Waals surface area contributed by atoms with Gasteiger partial charge < -0.3 is 0 Å². The summed E-state index contributed by atoms with van der Waals surface area (Å²) >= 11 is 0. The van der Waals surface area contributed by atoms with E-state index in [1.54, 1.807) is 5.57 Å². The Kier molecular flexibility index (Phi) is 1.79. The Morgan fingerprint density at radius 1 is 1.27 bits per heavy atom. The van der Waals surface area contributed by atoms with Gasteiger partial charge in [-0.15, -0.1) is 0 Å². The quantitative estimate of drug-likeness (QED) is 0.513. The Balaban J connectivity index is 2.05. The van der Waals surface area contributed by atoms with Gasteiger partial charge in [-0.1, -0.05) is 32.4 Å². The van der Waals surface area contributed by atoms with Gasteiger partial charge in [0.15, 0.2) is 0 Å². The highest BCUT2D eigenvalue weighted by molar-refractivity contribution is 5.27. The first-order valence-corrected chi connectivity index (χ1v) is 6.62. The van der Waals surface area contributed by atoms with E-state index in [2.05, 4.69) is 33.8 Å². The molecule has 3 rings (SSSR count). The van der Waals surface area contributed by atoms with Crippen molar-refractivity contribution in [2.75, 3.05) is 0 Å². The van der Waals surface area contributed by atoms with Crippen molar-refractivity contribution in [3.8, 4) is 0 Å². The highest BCUT2D eigenvalue weighted by atomic mass is 14.7. The van der Waals surface area contributed by atoms with Crippen LogP contribution in [0, 0.1) is 28.6 Å². The Hall–Kier alpha value is -0.260. The van der Waals surface area contributed by atoms with Crippen LogP contribution in [0.15, 0.2) is 11.6 Å². The average Bonchev–Trinajstić information content (AvgIpc) is 2.59. The smallest absolute Gasteiger partial charge is 0.00482 e. The van der Waals surface area contributed by atoms with Gasteiger partial charge >= 0.3 is 0 Å². The Morgan fingerprint density at radius 2 is 2.00 bits per heavy atom. The topological polar surface area (TPSA) is 0 Å². The molecule has 84 valence electrons. The average molecular weight is 204 g/mol. The fraction of sp³-hybridized carbons (Fsp3) is 0.867. The van der Waals surface area contributed by atoms with E-state index < -0.39 is 0 Å². The highest BCUT2D eigenvalue weighted by Crippen LogP contribution is 2.70. The number of allylic oxidation sites excluding steroid dienone is 2. The van der Waals surface area contributed by atoms with E-state index in [1.165, 1.54) is 25.7 Å². The van der Waals surface area contributed by atoms with Crippen LogP contribution in [-0.2, 0) is 0 Å². The lowest BCUT2D eigenvalue weighted by molar-refractivity contribution is 0.194. The van der Waals surface area contributed by atoms with Gasteiger partial charge in [0.1, 0.15) is 0 Å². The summed E-state index contributed by atoms with van der Waals surface area (Å²) in [5.41, 5.74) is 2.91. The molecule has 3 aliphatic carbocycles. The van der Waals surface area contributed by atoms with Crippen molar-refractivity contribution in [3.05, 3.63) is 11.6 Å². The molecule has 0 aromatic carbocycles. The maximum absolute atomic E-state index is 2.68. The summed E-state index contributed by atoms with van der Waals surface area (Å²) in [5, 5.41) is 0. The lowest BCUT2D eigenvalue weighted by Gasteiger charge is -2.32. The van der Waals surface area contributed by atoms with Crippen molar-refractivity contribution in [1.82, 2.24) is 0 Å². The van der Waals surface area contributed by atoms with Crippen molar-refractivity contribution in [1.29, 1.82) is 0 Å². The summed E-state index contributed by atoms with van der Waals surface area (Å²) in [6.07, 6.45) is 8.50. The Morgan fingerprint density at radius 3 is 2.73 bits per heavy atom. The van der Waals surface area contributed by atoms with Crippen LogP contribution in [0.5, 0.6) is 0 Å². The largest absolute Gasteiger partial charge is 0.0788 e. The van der Waals surface area contributed by atoms with Gasteiger partial charge in [0, 0.05) is 0 Å². The molecule has 0 N–H and O–H groups in total. The van der Waals surface area contributed by atoms with Gasteiger partial charge in [0.05, 0.1) is 0 Å². The van der Waals surface area contributed by atoms with Crippen LogP contribution in [0.1, 0.15) is 53.4 Å². The third kappa shape index (κ3) is 1.14. The molecule has 1 spiro atoms. The Labute approximate surface area is 94.1 Å². The molecule has 1 unspecified atom stereocenters. The van der Waals surface area contributed by atoms with Crippen LogP contribution < -0.4 is 0 Å². The fourth-order valence-electron chi connectivity index (χ4n) is 5.36. The normalized spacial score (nSPS) is 51.5. The summed E-state index contributed by atoms with van der Waals surface area (Å²) in [5.74, 6) is 2.92. The summed E-state index contributed by atoms with van der Waals surface area (Å²) in [6.45, 7) is 9.83. The van der Waals surface area contributed by atoms with Crippen molar-refractivity contribution >= 4 is 0 Å². The van der Waals surface area contributed by atoms with Crippen molar-refractivity contribution in [2.24, 2.45) is 28.6 Å². The molecule has 0 amide bonds. The van der Waals surface area contributed by atoms with E-state index in [-0.39, 0.29) is 0 Å². The Bertz CT molecular complexity index is 323. The highest BCUT2D eigenvalue weighted by Gasteiger charge is 2.61. The van der Waals surface area contributed by atoms with Gasteiger partial charge in [0.25, 0.3) is 0 Å². The minimum absolute atomic E-state index is 0.604. The minimum atomic E-state index is 0.604. The van der Waals surface area contributed by atoms with Gasteiger partial charge in [-0.05, 0) is 61.2 Å². The molecule has 0 saturated heterocycles. The summed E-state index contributed by atoms with van der Waals surface area (Å²) in [6, 6.07) is 0. The maximum Gasteiger partial charge on any atom is -0.00482 e.